The first-order valence-corrected chi connectivity index (χ1v) is 20.8. The summed E-state index contributed by atoms with van der Waals surface area (Å²) < 4.78 is 19.1. The van der Waals surface area contributed by atoms with Gasteiger partial charge in [-0.15, -0.1) is 0 Å². The second kappa shape index (κ2) is 14.6. The maximum Gasteiger partial charge on any atom is 0.261 e. The highest BCUT2D eigenvalue weighted by Gasteiger charge is 2.57. The van der Waals surface area contributed by atoms with E-state index in [0.717, 1.165) is 62.1 Å². The van der Waals surface area contributed by atoms with E-state index in [1.807, 2.05) is 12.1 Å². The predicted octanol–water partition coefficient (Wildman–Crippen LogP) is 7.33. The van der Waals surface area contributed by atoms with Crippen molar-refractivity contribution in [2.45, 2.75) is 120 Å². The summed E-state index contributed by atoms with van der Waals surface area (Å²) >= 11 is 0. The van der Waals surface area contributed by atoms with Gasteiger partial charge in [0.25, 0.3) is 8.32 Å². The largest absolute Gasteiger partial charge is 0.497 e. The minimum absolute atomic E-state index is 0.0134. The van der Waals surface area contributed by atoms with Crippen LogP contribution in [0.1, 0.15) is 90.0 Å². The maximum absolute atomic E-state index is 15.3. The average molecular weight is 681 g/mol. The number of amides is 1. The van der Waals surface area contributed by atoms with Gasteiger partial charge in [-0.05, 0) is 85.2 Å². The molecule has 49 heavy (non-hydrogen) atoms. The Morgan fingerprint density at radius 3 is 2.20 bits per heavy atom. The lowest BCUT2D eigenvalue weighted by Gasteiger charge is -2.52. The minimum atomic E-state index is -2.72. The van der Waals surface area contributed by atoms with Crippen LogP contribution in [-0.4, -0.2) is 69.0 Å². The van der Waals surface area contributed by atoms with Gasteiger partial charge in [-0.2, -0.15) is 0 Å². The molecule has 7 rings (SSSR count). The topological polar surface area (TPSA) is 51.2 Å². The summed E-state index contributed by atoms with van der Waals surface area (Å²) in [4.78, 5) is 20.1. The number of fused-ring (bicyclic) bond motifs is 1. The molecule has 2 aliphatic heterocycles. The van der Waals surface area contributed by atoms with E-state index in [-0.39, 0.29) is 17.2 Å². The number of carbonyl (C=O) groups is 1. The fraction of sp³-hybridized carbons (Fsp3) is 0.548. The Kier molecular flexibility index (Phi) is 10.2. The van der Waals surface area contributed by atoms with Gasteiger partial charge in [0, 0.05) is 42.9 Å². The average Bonchev–Trinajstić information content (AvgIpc) is 3.99. The fourth-order valence-corrected chi connectivity index (χ4v) is 14.6. The van der Waals surface area contributed by atoms with Crippen LogP contribution in [0.25, 0.3) is 0 Å². The van der Waals surface area contributed by atoms with Crippen LogP contribution in [0, 0.1) is 5.92 Å². The summed E-state index contributed by atoms with van der Waals surface area (Å²) in [6, 6.07) is 28.6. The van der Waals surface area contributed by atoms with Gasteiger partial charge in [0.15, 0.2) is 0 Å². The lowest BCUT2D eigenvalue weighted by molar-refractivity contribution is -0.145. The van der Waals surface area contributed by atoms with Gasteiger partial charge in [0.2, 0.25) is 5.91 Å². The molecule has 6 nitrogen and oxygen atoms in total. The lowest BCUT2D eigenvalue weighted by Crippen LogP contribution is -2.70. The molecule has 2 heterocycles. The van der Waals surface area contributed by atoms with Gasteiger partial charge < -0.3 is 18.8 Å². The van der Waals surface area contributed by atoms with Crippen molar-refractivity contribution in [2.24, 2.45) is 5.92 Å². The van der Waals surface area contributed by atoms with Crippen molar-refractivity contribution in [1.29, 1.82) is 0 Å². The van der Waals surface area contributed by atoms with Crippen molar-refractivity contribution < 1.29 is 18.7 Å². The molecule has 7 heteroatoms. The molecule has 0 aromatic heterocycles. The Balaban J connectivity index is 1.26. The Hall–Kier alpha value is -3.13. The number of hydrogen-bond acceptors (Lipinski definition) is 5. The quantitative estimate of drug-likeness (QED) is 0.199. The zero-order valence-electron chi connectivity index (χ0n) is 30.1. The molecule has 0 radical (unpaired) electrons. The molecular weight excluding hydrogens is 625 g/mol. The highest BCUT2D eigenvalue weighted by atomic mass is 28.4. The fourth-order valence-electron chi connectivity index (χ4n) is 9.56. The highest BCUT2D eigenvalue weighted by Crippen LogP contribution is 2.48. The molecule has 2 saturated heterocycles. The van der Waals surface area contributed by atoms with Crippen LogP contribution < -0.4 is 19.8 Å². The van der Waals surface area contributed by atoms with Gasteiger partial charge in [-0.25, -0.2) is 0 Å². The van der Waals surface area contributed by atoms with Gasteiger partial charge in [-0.3, -0.25) is 9.69 Å². The van der Waals surface area contributed by atoms with Crippen LogP contribution in [0.4, 0.5) is 0 Å². The van der Waals surface area contributed by atoms with Crippen LogP contribution in [0.3, 0.4) is 0 Å². The number of likely N-dealkylation sites (tertiary alicyclic amines) is 1. The molecule has 4 fully saturated rings. The summed E-state index contributed by atoms with van der Waals surface area (Å²) in [5.41, 5.74) is 1.10. The SMILES string of the molecule is COc1ccc(CN(C2CC2)[C@H](CC2CCC(C)(C)[Si](c3ccccc3)(c3ccccc3)O2)C(=O)N2CCC[C@H]3CCCC[C@@H]32)c(OC)c1. The normalized spacial score (nSPS) is 25.3. The molecule has 262 valence electrons. The predicted molar refractivity (Wildman–Crippen MR) is 199 cm³/mol. The molecule has 1 unspecified atom stereocenters. The Labute approximate surface area is 295 Å². The van der Waals surface area contributed by atoms with E-state index in [0.29, 0.717) is 36.9 Å². The summed E-state index contributed by atoms with van der Waals surface area (Å²) in [6.45, 7) is 6.39. The van der Waals surface area contributed by atoms with Gasteiger partial charge in [-0.1, -0.05) is 93.4 Å². The van der Waals surface area contributed by atoms with E-state index < -0.39 is 8.32 Å². The second-order valence-corrected chi connectivity index (χ2v) is 19.8. The van der Waals surface area contributed by atoms with Crippen molar-refractivity contribution in [3.8, 4) is 11.5 Å². The number of methoxy groups -OCH3 is 2. The third kappa shape index (κ3) is 6.83. The molecule has 0 N–H and O–H groups in total. The van der Waals surface area contributed by atoms with Crippen molar-refractivity contribution >= 4 is 24.6 Å². The molecule has 3 aromatic carbocycles. The van der Waals surface area contributed by atoms with E-state index in [1.165, 1.54) is 36.1 Å². The van der Waals surface area contributed by atoms with Crippen LogP contribution in [-0.2, 0) is 15.8 Å². The number of ether oxygens (including phenoxy) is 2. The highest BCUT2D eigenvalue weighted by molar-refractivity contribution is 6.99. The molecule has 3 aromatic rings. The molecule has 4 aliphatic rings. The van der Waals surface area contributed by atoms with Gasteiger partial charge in [0.05, 0.1) is 20.3 Å². The van der Waals surface area contributed by atoms with Crippen molar-refractivity contribution in [1.82, 2.24) is 9.80 Å². The summed E-state index contributed by atoms with van der Waals surface area (Å²) in [5, 5.41) is 2.63. The van der Waals surface area contributed by atoms with Crippen LogP contribution >= 0.6 is 0 Å². The van der Waals surface area contributed by atoms with Crippen LogP contribution in [0.15, 0.2) is 78.9 Å². The number of hydrogen-bond donors (Lipinski definition) is 0. The number of carbonyl (C=O) groups excluding carboxylic acids is 1. The zero-order chi connectivity index (χ0) is 34.0. The summed E-state index contributed by atoms with van der Waals surface area (Å²) in [5.74, 6) is 2.57. The number of piperidine rings is 1. The standard InChI is InChI=1S/C42H56N2O4Si/c1-42(2)26-25-35(48-49(42,36-16-7-5-8-17-36)37-18-9-6-10-19-37)28-39(41(45)43-27-13-15-31-14-11-12-20-38(31)43)44(33-22-23-33)30-32-21-24-34(46-3)29-40(32)47-4/h5-10,16-19,21,24,29,31,33,35,38-39H,11-15,20,22-23,25-28,30H2,1-4H3/t31-,35?,38+,39-/m1/s1. The second-order valence-electron chi connectivity index (χ2n) is 15.7. The minimum Gasteiger partial charge on any atom is -0.497 e. The summed E-state index contributed by atoms with van der Waals surface area (Å²) in [7, 11) is 0.704. The van der Waals surface area contributed by atoms with Gasteiger partial charge in [0.1, 0.15) is 11.5 Å². The Morgan fingerprint density at radius 1 is 0.878 bits per heavy atom. The molecular formula is C42H56N2O4Si. The van der Waals surface area contributed by atoms with Crippen LogP contribution in [0.2, 0.25) is 5.04 Å². The smallest absolute Gasteiger partial charge is 0.261 e. The molecule has 2 saturated carbocycles. The monoisotopic (exact) mass is 680 g/mol. The van der Waals surface area contributed by atoms with E-state index in [2.05, 4.69) is 90.4 Å². The van der Waals surface area contributed by atoms with Crippen molar-refractivity contribution in [3.05, 3.63) is 84.4 Å². The van der Waals surface area contributed by atoms with Gasteiger partial charge >= 0.3 is 0 Å². The Morgan fingerprint density at radius 2 is 1.55 bits per heavy atom. The lowest BCUT2D eigenvalue weighted by atomic mass is 9.78. The van der Waals surface area contributed by atoms with E-state index in [9.17, 15) is 0 Å². The van der Waals surface area contributed by atoms with E-state index in [1.54, 1.807) is 14.2 Å². The number of rotatable bonds is 11. The maximum atomic E-state index is 15.3. The first-order chi connectivity index (χ1) is 23.8. The first-order valence-electron chi connectivity index (χ1n) is 18.9. The molecule has 0 bridgehead atoms. The van der Waals surface area contributed by atoms with E-state index >= 15 is 4.79 Å². The first kappa shape index (κ1) is 34.3. The third-order valence-corrected chi connectivity index (χ3v) is 17.4. The zero-order valence-corrected chi connectivity index (χ0v) is 31.1. The van der Waals surface area contributed by atoms with E-state index in [4.69, 9.17) is 13.9 Å². The number of benzene rings is 3. The molecule has 0 spiro atoms. The third-order valence-electron chi connectivity index (χ3n) is 12.3. The van der Waals surface area contributed by atoms with Crippen LogP contribution in [0.5, 0.6) is 11.5 Å². The molecule has 2 aliphatic carbocycles. The summed E-state index contributed by atoms with van der Waals surface area (Å²) in [6.07, 6.45) is 12.3. The molecule has 1 amide bonds. The van der Waals surface area contributed by atoms with Crippen molar-refractivity contribution in [3.63, 3.8) is 0 Å². The molecule has 4 atom stereocenters. The Bertz CT molecular complexity index is 1520. The number of nitrogens with zero attached hydrogens (tertiary/aromatic N) is 2. The van der Waals surface area contributed by atoms with Crippen molar-refractivity contribution in [2.75, 3.05) is 20.8 Å².